The van der Waals surface area contributed by atoms with Crippen LogP contribution >= 0.6 is 0 Å². The third-order valence-electron chi connectivity index (χ3n) is 2.58. The molecule has 0 saturated carbocycles. The Bertz CT molecular complexity index is 375. The first-order chi connectivity index (χ1) is 7.99. The van der Waals surface area contributed by atoms with Gasteiger partial charge in [0, 0.05) is 32.1 Å². The van der Waals surface area contributed by atoms with Crippen molar-refractivity contribution in [2.45, 2.75) is 19.4 Å². The fourth-order valence-corrected chi connectivity index (χ4v) is 1.77. The van der Waals surface area contributed by atoms with Crippen LogP contribution < -0.4 is 14.4 Å². The Hall–Kier alpha value is -1.42. The minimum absolute atomic E-state index is 0.404. The Labute approximate surface area is 103 Å². The number of benzene rings is 1. The van der Waals surface area contributed by atoms with E-state index >= 15 is 0 Å². The predicted octanol–water partition coefficient (Wildman–Crippen LogP) is 1.69. The molecule has 0 aliphatic heterocycles. The average Bonchev–Trinajstić information content (AvgIpc) is 2.27. The first-order valence-corrected chi connectivity index (χ1v) is 5.59. The molecule has 1 rings (SSSR count). The van der Waals surface area contributed by atoms with Gasteiger partial charge < -0.3 is 19.5 Å². The maximum atomic E-state index is 9.46. The fourth-order valence-electron chi connectivity index (χ4n) is 1.77. The normalized spacial score (nSPS) is 12.1. The van der Waals surface area contributed by atoms with Gasteiger partial charge in [0.1, 0.15) is 11.5 Å². The summed E-state index contributed by atoms with van der Waals surface area (Å²) in [4.78, 5) is 1.97. The van der Waals surface area contributed by atoms with E-state index in [2.05, 4.69) is 0 Å². The van der Waals surface area contributed by atoms with E-state index in [1.807, 2.05) is 31.1 Å². The third kappa shape index (κ3) is 3.27. The standard InChI is InChI=1S/C13H21NO3/c1-9(15)6-10-7-13(17-5)11(14(2)3)8-12(10)16-4/h7-9,15H,6H2,1-5H3. The summed E-state index contributed by atoms with van der Waals surface area (Å²) in [6.45, 7) is 1.76. The van der Waals surface area contributed by atoms with Gasteiger partial charge in [-0.25, -0.2) is 0 Å². The highest BCUT2D eigenvalue weighted by Crippen LogP contribution is 2.35. The number of methoxy groups -OCH3 is 2. The fraction of sp³-hybridized carbons (Fsp3) is 0.538. The Morgan fingerprint density at radius 2 is 1.76 bits per heavy atom. The lowest BCUT2D eigenvalue weighted by molar-refractivity contribution is 0.194. The summed E-state index contributed by atoms with van der Waals surface area (Å²) in [7, 11) is 7.17. The van der Waals surface area contributed by atoms with Crippen molar-refractivity contribution in [3.8, 4) is 11.5 Å². The second-order valence-corrected chi connectivity index (χ2v) is 4.28. The van der Waals surface area contributed by atoms with Crippen LogP contribution in [0.2, 0.25) is 0 Å². The predicted molar refractivity (Wildman–Crippen MR) is 69.3 cm³/mol. The zero-order chi connectivity index (χ0) is 13.0. The van der Waals surface area contributed by atoms with Gasteiger partial charge in [-0.2, -0.15) is 0 Å². The van der Waals surface area contributed by atoms with Crippen LogP contribution in [0.3, 0.4) is 0 Å². The van der Waals surface area contributed by atoms with Gasteiger partial charge >= 0.3 is 0 Å². The van der Waals surface area contributed by atoms with Crippen molar-refractivity contribution in [1.82, 2.24) is 0 Å². The molecule has 1 unspecified atom stereocenters. The smallest absolute Gasteiger partial charge is 0.142 e. The van der Waals surface area contributed by atoms with Crippen LogP contribution in [0.5, 0.6) is 11.5 Å². The molecule has 0 radical (unpaired) electrons. The molecule has 0 fully saturated rings. The first-order valence-electron chi connectivity index (χ1n) is 5.59. The van der Waals surface area contributed by atoms with Crippen molar-refractivity contribution in [2.24, 2.45) is 0 Å². The summed E-state index contributed by atoms with van der Waals surface area (Å²) in [5.41, 5.74) is 1.91. The van der Waals surface area contributed by atoms with E-state index in [4.69, 9.17) is 9.47 Å². The van der Waals surface area contributed by atoms with E-state index in [1.165, 1.54) is 0 Å². The van der Waals surface area contributed by atoms with E-state index in [0.717, 1.165) is 22.7 Å². The molecule has 96 valence electrons. The van der Waals surface area contributed by atoms with Crippen molar-refractivity contribution in [2.75, 3.05) is 33.2 Å². The molecule has 1 aromatic carbocycles. The van der Waals surface area contributed by atoms with Crippen molar-refractivity contribution in [1.29, 1.82) is 0 Å². The van der Waals surface area contributed by atoms with Crippen LogP contribution in [-0.4, -0.2) is 39.5 Å². The van der Waals surface area contributed by atoms with Crippen LogP contribution in [0.15, 0.2) is 12.1 Å². The number of nitrogens with zero attached hydrogens (tertiary/aromatic N) is 1. The van der Waals surface area contributed by atoms with Gasteiger partial charge in [0.25, 0.3) is 0 Å². The van der Waals surface area contributed by atoms with Crippen molar-refractivity contribution in [3.63, 3.8) is 0 Å². The van der Waals surface area contributed by atoms with Crippen molar-refractivity contribution in [3.05, 3.63) is 17.7 Å². The summed E-state index contributed by atoms with van der Waals surface area (Å²) < 4.78 is 10.7. The van der Waals surface area contributed by atoms with Crippen molar-refractivity contribution < 1.29 is 14.6 Å². The number of hydrogen-bond acceptors (Lipinski definition) is 4. The maximum absolute atomic E-state index is 9.46. The number of hydrogen-bond donors (Lipinski definition) is 1. The molecule has 1 aromatic rings. The average molecular weight is 239 g/mol. The van der Waals surface area contributed by atoms with E-state index in [1.54, 1.807) is 21.1 Å². The highest BCUT2D eigenvalue weighted by molar-refractivity contribution is 5.63. The second-order valence-electron chi connectivity index (χ2n) is 4.28. The minimum atomic E-state index is -0.404. The Kier molecular flexibility index (Phi) is 4.63. The van der Waals surface area contributed by atoms with Crippen LogP contribution in [0.25, 0.3) is 0 Å². The molecule has 17 heavy (non-hydrogen) atoms. The summed E-state index contributed by atoms with van der Waals surface area (Å²) in [5, 5.41) is 9.46. The van der Waals surface area contributed by atoms with Gasteiger partial charge in [0.2, 0.25) is 0 Å². The number of ether oxygens (including phenoxy) is 2. The number of anilines is 1. The summed E-state index contributed by atoms with van der Waals surface area (Å²) >= 11 is 0. The highest BCUT2D eigenvalue weighted by atomic mass is 16.5. The minimum Gasteiger partial charge on any atom is -0.496 e. The first kappa shape index (κ1) is 13.6. The monoisotopic (exact) mass is 239 g/mol. The number of aliphatic hydroxyl groups is 1. The molecule has 0 aromatic heterocycles. The largest absolute Gasteiger partial charge is 0.496 e. The third-order valence-corrected chi connectivity index (χ3v) is 2.58. The van der Waals surface area contributed by atoms with Gasteiger partial charge in [0.15, 0.2) is 0 Å². The topological polar surface area (TPSA) is 41.9 Å². The molecule has 0 aliphatic rings. The molecular weight excluding hydrogens is 218 g/mol. The lowest BCUT2D eigenvalue weighted by Gasteiger charge is -2.20. The molecule has 0 aliphatic carbocycles. The van der Waals surface area contributed by atoms with Gasteiger partial charge in [-0.3, -0.25) is 0 Å². The van der Waals surface area contributed by atoms with E-state index in [0.29, 0.717) is 6.42 Å². The second kappa shape index (κ2) is 5.77. The zero-order valence-electron chi connectivity index (χ0n) is 11.2. The maximum Gasteiger partial charge on any atom is 0.142 e. The molecule has 4 heteroatoms. The molecule has 0 heterocycles. The lowest BCUT2D eigenvalue weighted by atomic mass is 10.1. The number of rotatable bonds is 5. The van der Waals surface area contributed by atoms with E-state index in [9.17, 15) is 5.11 Å². The molecule has 1 N–H and O–H groups in total. The summed E-state index contributed by atoms with van der Waals surface area (Å²) in [5.74, 6) is 1.56. The van der Waals surface area contributed by atoms with Crippen LogP contribution in [0.1, 0.15) is 12.5 Å². The van der Waals surface area contributed by atoms with E-state index in [-0.39, 0.29) is 0 Å². The molecule has 0 bridgehead atoms. The quantitative estimate of drug-likeness (QED) is 0.849. The zero-order valence-corrected chi connectivity index (χ0v) is 11.2. The molecule has 1 atom stereocenters. The highest BCUT2D eigenvalue weighted by Gasteiger charge is 2.13. The summed E-state index contributed by atoms with van der Waals surface area (Å²) in [6.07, 6.45) is 0.145. The van der Waals surface area contributed by atoms with Crippen LogP contribution in [0, 0.1) is 0 Å². The molecule has 4 nitrogen and oxygen atoms in total. The van der Waals surface area contributed by atoms with Gasteiger partial charge in [0.05, 0.1) is 26.0 Å². The number of aliphatic hydroxyl groups excluding tert-OH is 1. The van der Waals surface area contributed by atoms with Crippen LogP contribution in [0.4, 0.5) is 5.69 Å². The van der Waals surface area contributed by atoms with Crippen LogP contribution in [-0.2, 0) is 6.42 Å². The van der Waals surface area contributed by atoms with E-state index < -0.39 is 6.10 Å². The Balaban J connectivity index is 3.22. The summed E-state index contributed by atoms with van der Waals surface area (Å²) in [6, 6.07) is 3.84. The molecular formula is C13H21NO3. The van der Waals surface area contributed by atoms with Gasteiger partial charge in [-0.15, -0.1) is 0 Å². The Morgan fingerprint density at radius 3 is 2.18 bits per heavy atom. The molecule has 0 amide bonds. The SMILES string of the molecule is COc1cc(N(C)C)c(OC)cc1CC(C)O. The Morgan fingerprint density at radius 1 is 1.18 bits per heavy atom. The van der Waals surface area contributed by atoms with Gasteiger partial charge in [-0.1, -0.05) is 0 Å². The lowest BCUT2D eigenvalue weighted by Crippen LogP contribution is -2.12. The van der Waals surface area contributed by atoms with Crippen molar-refractivity contribution >= 4 is 5.69 Å². The van der Waals surface area contributed by atoms with Gasteiger partial charge in [-0.05, 0) is 13.0 Å². The molecule has 0 spiro atoms. The molecule has 0 saturated heterocycles.